The van der Waals surface area contributed by atoms with Crippen molar-refractivity contribution in [1.29, 1.82) is 0 Å². The maximum Gasteiger partial charge on any atom is 0.145 e. The van der Waals surface area contributed by atoms with Gasteiger partial charge < -0.3 is 14.6 Å². The van der Waals surface area contributed by atoms with Gasteiger partial charge in [-0.25, -0.2) is 4.98 Å². The third kappa shape index (κ3) is 1.78. The number of nitrogens with zero attached hydrogens (tertiary/aromatic N) is 2. The lowest BCUT2D eigenvalue weighted by Gasteiger charge is -2.13. The van der Waals surface area contributed by atoms with Crippen LogP contribution >= 0.6 is 0 Å². The van der Waals surface area contributed by atoms with Gasteiger partial charge in [0.1, 0.15) is 23.2 Å². The largest absolute Gasteiger partial charge is 0.487 e. The average molecular weight is 231 g/mol. The number of nitrogens with one attached hydrogen (secondary N) is 1. The van der Waals surface area contributed by atoms with Crippen molar-refractivity contribution in [3.05, 3.63) is 24.0 Å². The van der Waals surface area contributed by atoms with E-state index >= 15 is 0 Å². The number of benzene rings is 1. The highest BCUT2D eigenvalue weighted by atomic mass is 16.5. The molecule has 1 atom stereocenters. The zero-order valence-corrected chi connectivity index (χ0v) is 10.2. The Bertz CT molecular complexity index is 541. The number of hydrogen-bond acceptors (Lipinski definition) is 3. The van der Waals surface area contributed by atoms with Gasteiger partial charge in [0.15, 0.2) is 0 Å². The molecule has 0 aliphatic carbocycles. The number of ether oxygens (including phenoxy) is 1. The van der Waals surface area contributed by atoms with Gasteiger partial charge in [0.05, 0.1) is 5.52 Å². The lowest BCUT2D eigenvalue weighted by molar-refractivity contribution is 0.225. The van der Waals surface area contributed by atoms with Gasteiger partial charge in [-0.15, -0.1) is 0 Å². The van der Waals surface area contributed by atoms with Crippen molar-refractivity contribution in [1.82, 2.24) is 14.9 Å². The van der Waals surface area contributed by atoms with Gasteiger partial charge >= 0.3 is 0 Å². The minimum absolute atomic E-state index is 0.288. The maximum absolute atomic E-state index is 6.06. The normalized spacial score (nSPS) is 20.0. The molecule has 1 aliphatic rings. The summed E-state index contributed by atoms with van der Waals surface area (Å²) in [6.07, 6.45) is 1.36. The summed E-state index contributed by atoms with van der Waals surface area (Å²) in [7, 11) is 2.03. The third-order valence-electron chi connectivity index (χ3n) is 3.39. The molecule has 1 unspecified atom stereocenters. The van der Waals surface area contributed by atoms with Crippen molar-refractivity contribution >= 4 is 11.0 Å². The molecule has 2 heterocycles. The van der Waals surface area contributed by atoms with E-state index in [1.54, 1.807) is 0 Å². The van der Waals surface area contributed by atoms with Gasteiger partial charge in [0, 0.05) is 13.6 Å². The van der Waals surface area contributed by atoms with E-state index in [4.69, 9.17) is 4.74 Å². The van der Waals surface area contributed by atoms with Gasteiger partial charge in [0.2, 0.25) is 0 Å². The third-order valence-corrected chi connectivity index (χ3v) is 3.39. The molecule has 0 saturated carbocycles. The van der Waals surface area contributed by atoms with E-state index in [1.807, 2.05) is 32.2 Å². The molecular weight excluding hydrogens is 214 g/mol. The molecule has 0 bridgehead atoms. The van der Waals surface area contributed by atoms with Crippen LogP contribution in [-0.2, 0) is 7.05 Å². The predicted molar refractivity (Wildman–Crippen MR) is 67.4 cm³/mol. The highest BCUT2D eigenvalue weighted by molar-refractivity contribution is 5.82. The second kappa shape index (κ2) is 4.04. The molecule has 3 rings (SSSR count). The molecule has 1 aromatic carbocycles. The van der Waals surface area contributed by atoms with Crippen molar-refractivity contribution in [2.45, 2.75) is 19.4 Å². The second-order valence-electron chi connectivity index (χ2n) is 4.57. The number of aromatic nitrogens is 2. The molecule has 1 fully saturated rings. The highest BCUT2D eigenvalue weighted by Crippen LogP contribution is 2.27. The summed E-state index contributed by atoms with van der Waals surface area (Å²) in [5, 5.41) is 3.31. The van der Waals surface area contributed by atoms with Crippen LogP contribution in [0.1, 0.15) is 12.2 Å². The van der Waals surface area contributed by atoms with E-state index in [2.05, 4.69) is 14.9 Å². The van der Waals surface area contributed by atoms with Crippen molar-refractivity contribution in [2.75, 3.05) is 13.1 Å². The molecule has 1 N–H and O–H groups in total. The summed E-state index contributed by atoms with van der Waals surface area (Å²) in [5.41, 5.74) is 2.10. The van der Waals surface area contributed by atoms with Crippen molar-refractivity contribution < 1.29 is 4.74 Å². The summed E-state index contributed by atoms with van der Waals surface area (Å²) in [6.45, 7) is 4.00. The van der Waals surface area contributed by atoms with Crippen LogP contribution in [-0.4, -0.2) is 28.7 Å². The van der Waals surface area contributed by atoms with Crippen molar-refractivity contribution in [2.24, 2.45) is 7.05 Å². The number of imidazole rings is 1. The van der Waals surface area contributed by atoms with Crippen LogP contribution in [0.4, 0.5) is 0 Å². The minimum atomic E-state index is 0.288. The summed E-state index contributed by atoms with van der Waals surface area (Å²) >= 11 is 0. The molecule has 0 radical (unpaired) electrons. The standard InChI is InChI=1S/C13H17N3O/c1-9-15-11-4-3-5-12(13(11)16(9)2)17-10-6-7-14-8-10/h3-5,10,14H,6-8H2,1-2H3. The molecule has 4 nitrogen and oxygen atoms in total. The summed E-state index contributed by atoms with van der Waals surface area (Å²) in [4.78, 5) is 4.52. The fourth-order valence-corrected chi connectivity index (χ4v) is 2.35. The van der Waals surface area contributed by atoms with Gasteiger partial charge in [-0.05, 0) is 32.0 Å². The van der Waals surface area contributed by atoms with Crippen LogP contribution in [0.2, 0.25) is 0 Å². The monoisotopic (exact) mass is 231 g/mol. The Balaban J connectivity index is 2.02. The first kappa shape index (κ1) is 10.6. The zero-order chi connectivity index (χ0) is 11.8. The van der Waals surface area contributed by atoms with Gasteiger partial charge in [-0.1, -0.05) is 6.07 Å². The van der Waals surface area contributed by atoms with E-state index in [0.717, 1.165) is 42.1 Å². The van der Waals surface area contributed by atoms with Crippen LogP contribution < -0.4 is 10.1 Å². The quantitative estimate of drug-likeness (QED) is 0.853. The van der Waals surface area contributed by atoms with Crippen LogP contribution in [0.5, 0.6) is 5.75 Å². The number of para-hydroxylation sites is 1. The van der Waals surface area contributed by atoms with Crippen LogP contribution in [0, 0.1) is 6.92 Å². The lowest BCUT2D eigenvalue weighted by Crippen LogP contribution is -2.19. The van der Waals surface area contributed by atoms with E-state index in [-0.39, 0.29) is 6.10 Å². The van der Waals surface area contributed by atoms with Crippen molar-refractivity contribution in [3.63, 3.8) is 0 Å². The SMILES string of the molecule is Cc1nc2cccc(OC3CCNC3)c2n1C. The van der Waals surface area contributed by atoms with E-state index in [9.17, 15) is 0 Å². The molecule has 1 saturated heterocycles. The predicted octanol–water partition coefficient (Wildman–Crippen LogP) is 1.62. The van der Waals surface area contributed by atoms with E-state index in [0.29, 0.717) is 0 Å². The number of hydrogen-bond donors (Lipinski definition) is 1. The first-order chi connectivity index (χ1) is 8.25. The molecule has 17 heavy (non-hydrogen) atoms. The second-order valence-corrected chi connectivity index (χ2v) is 4.57. The fourth-order valence-electron chi connectivity index (χ4n) is 2.35. The first-order valence-electron chi connectivity index (χ1n) is 6.05. The molecule has 2 aromatic rings. The Morgan fingerprint density at radius 2 is 2.35 bits per heavy atom. The Labute approximate surface area is 101 Å². The summed E-state index contributed by atoms with van der Waals surface area (Å²) in [5.74, 6) is 1.96. The van der Waals surface area contributed by atoms with Crippen molar-refractivity contribution in [3.8, 4) is 5.75 Å². The van der Waals surface area contributed by atoms with E-state index in [1.165, 1.54) is 0 Å². The smallest absolute Gasteiger partial charge is 0.145 e. The molecule has 0 spiro atoms. The average Bonchev–Trinajstić information content (AvgIpc) is 2.90. The topological polar surface area (TPSA) is 39.1 Å². The van der Waals surface area contributed by atoms with Crippen LogP contribution in [0.25, 0.3) is 11.0 Å². The number of rotatable bonds is 2. The molecule has 1 aromatic heterocycles. The van der Waals surface area contributed by atoms with Crippen LogP contribution in [0.3, 0.4) is 0 Å². The van der Waals surface area contributed by atoms with Gasteiger partial charge in [-0.2, -0.15) is 0 Å². The molecular formula is C13H17N3O. The number of fused-ring (bicyclic) bond motifs is 1. The molecule has 4 heteroatoms. The Morgan fingerprint density at radius 1 is 1.47 bits per heavy atom. The Hall–Kier alpha value is -1.55. The van der Waals surface area contributed by atoms with E-state index < -0.39 is 0 Å². The summed E-state index contributed by atoms with van der Waals surface area (Å²) in [6, 6.07) is 6.07. The zero-order valence-electron chi connectivity index (χ0n) is 10.2. The summed E-state index contributed by atoms with van der Waals surface area (Å²) < 4.78 is 8.15. The van der Waals surface area contributed by atoms with Gasteiger partial charge in [0.25, 0.3) is 0 Å². The van der Waals surface area contributed by atoms with Gasteiger partial charge in [-0.3, -0.25) is 0 Å². The first-order valence-corrected chi connectivity index (χ1v) is 6.05. The number of aryl methyl sites for hydroxylation is 2. The molecule has 0 amide bonds. The molecule has 90 valence electrons. The highest BCUT2D eigenvalue weighted by Gasteiger charge is 2.18. The maximum atomic E-state index is 6.06. The minimum Gasteiger partial charge on any atom is -0.487 e. The van der Waals surface area contributed by atoms with Crippen LogP contribution in [0.15, 0.2) is 18.2 Å². The molecule has 1 aliphatic heterocycles. The lowest BCUT2D eigenvalue weighted by atomic mass is 10.2. The Morgan fingerprint density at radius 3 is 3.12 bits per heavy atom. The fraction of sp³-hybridized carbons (Fsp3) is 0.462. The Kier molecular flexibility index (Phi) is 2.52.